The minimum absolute atomic E-state index is 0.280. The van der Waals surface area contributed by atoms with Crippen molar-refractivity contribution in [2.75, 3.05) is 5.32 Å². The molecular formula is C18H16N2O4. The first-order valence-electron chi connectivity index (χ1n) is 7.80. The van der Waals surface area contributed by atoms with Crippen LogP contribution in [0.25, 0.3) is 17.2 Å². The summed E-state index contributed by atoms with van der Waals surface area (Å²) in [5.74, 6) is 2.04. The summed E-state index contributed by atoms with van der Waals surface area (Å²) >= 11 is 0. The van der Waals surface area contributed by atoms with Crippen molar-refractivity contribution >= 4 is 28.8 Å². The van der Waals surface area contributed by atoms with Crippen LogP contribution < -0.4 is 11.1 Å². The SMILES string of the molecule is CC1CC1c1ccc(/C=C/C(=O)Nc2ccc3oc(=O)[nH]c3c2)o1. The number of oxazole rings is 1. The molecule has 2 unspecified atom stereocenters. The van der Waals surface area contributed by atoms with Crippen LogP contribution in [0.1, 0.15) is 30.8 Å². The Bertz CT molecular complexity index is 992. The van der Waals surface area contributed by atoms with Crippen molar-refractivity contribution in [1.82, 2.24) is 4.98 Å². The van der Waals surface area contributed by atoms with Gasteiger partial charge in [-0.05, 0) is 48.7 Å². The van der Waals surface area contributed by atoms with Gasteiger partial charge in [0.15, 0.2) is 5.58 Å². The summed E-state index contributed by atoms with van der Waals surface area (Å²) in [7, 11) is 0. The zero-order valence-corrected chi connectivity index (χ0v) is 13.0. The standard InChI is InChI=1S/C18H16N2O4/c1-10-8-13(10)15-6-3-12(23-15)4-7-17(21)19-11-2-5-16-14(9-11)20-18(22)24-16/h2-7,9-10,13H,8H2,1H3,(H,19,21)(H,20,22)/b7-4+. The summed E-state index contributed by atoms with van der Waals surface area (Å²) in [6.07, 6.45) is 4.22. The zero-order valence-electron chi connectivity index (χ0n) is 13.0. The highest BCUT2D eigenvalue weighted by Crippen LogP contribution is 2.47. The molecule has 24 heavy (non-hydrogen) atoms. The minimum Gasteiger partial charge on any atom is -0.461 e. The average Bonchev–Trinajstić information content (AvgIpc) is 2.97. The molecule has 1 saturated carbocycles. The second kappa shape index (κ2) is 5.56. The van der Waals surface area contributed by atoms with Crippen LogP contribution in [-0.4, -0.2) is 10.9 Å². The largest absolute Gasteiger partial charge is 0.461 e. The van der Waals surface area contributed by atoms with Crippen LogP contribution in [0.4, 0.5) is 5.69 Å². The predicted molar refractivity (Wildman–Crippen MR) is 89.7 cm³/mol. The van der Waals surface area contributed by atoms with Gasteiger partial charge < -0.3 is 14.2 Å². The highest BCUT2D eigenvalue weighted by atomic mass is 16.4. The summed E-state index contributed by atoms with van der Waals surface area (Å²) in [5, 5.41) is 2.73. The number of aromatic amines is 1. The third-order valence-corrected chi connectivity index (χ3v) is 4.21. The molecule has 1 amide bonds. The number of amides is 1. The maximum atomic E-state index is 12.0. The van der Waals surface area contributed by atoms with Gasteiger partial charge in [0.1, 0.15) is 11.5 Å². The summed E-state index contributed by atoms with van der Waals surface area (Å²) < 4.78 is 10.6. The molecule has 1 aliphatic rings. The summed E-state index contributed by atoms with van der Waals surface area (Å²) in [5.41, 5.74) is 1.56. The smallest absolute Gasteiger partial charge is 0.417 e. The van der Waals surface area contributed by atoms with E-state index in [1.165, 1.54) is 6.08 Å². The van der Waals surface area contributed by atoms with E-state index in [4.69, 9.17) is 8.83 Å². The van der Waals surface area contributed by atoms with E-state index in [0.29, 0.717) is 34.4 Å². The minimum atomic E-state index is -0.521. The molecule has 1 aromatic carbocycles. The van der Waals surface area contributed by atoms with Crippen LogP contribution in [0.2, 0.25) is 0 Å². The van der Waals surface area contributed by atoms with Crippen molar-refractivity contribution in [3.63, 3.8) is 0 Å². The number of fused-ring (bicyclic) bond motifs is 1. The lowest BCUT2D eigenvalue weighted by atomic mass is 10.2. The monoisotopic (exact) mass is 324 g/mol. The first-order valence-corrected chi connectivity index (χ1v) is 7.80. The Morgan fingerprint density at radius 3 is 2.92 bits per heavy atom. The normalized spacial score (nSPS) is 19.9. The summed E-state index contributed by atoms with van der Waals surface area (Å²) in [6, 6.07) is 8.78. The molecule has 2 atom stereocenters. The number of benzene rings is 1. The second-order valence-corrected chi connectivity index (χ2v) is 6.11. The van der Waals surface area contributed by atoms with E-state index < -0.39 is 5.76 Å². The van der Waals surface area contributed by atoms with Crippen molar-refractivity contribution in [3.8, 4) is 0 Å². The molecule has 0 bridgehead atoms. The lowest BCUT2D eigenvalue weighted by molar-refractivity contribution is -0.111. The molecule has 122 valence electrons. The van der Waals surface area contributed by atoms with E-state index in [0.717, 1.165) is 12.2 Å². The van der Waals surface area contributed by atoms with E-state index in [1.54, 1.807) is 24.3 Å². The number of anilines is 1. The van der Waals surface area contributed by atoms with Crippen LogP contribution in [-0.2, 0) is 4.79 Å². The van der Waals surface area contributed by atoms with Crippen LogP contribution in [0.5, 0.6) is 0 Å². The Morgan fingerprint density at radius 2 is 2.12 bits per heavy atom. The molecule has 0 saturated heterocycles. The summed E-state index contributed by atoms with van der Waals surface area (Å²) in [4.78, 5) is 25.7. The highest BCUT2D eigenvalue weighted by Gasteiger charge is 2.36. The van der Waals surface area contributed by atoms with E-state index in [9.17, 15) is 9.59 Å². The fraction of sp³-hybridized carbons (Fsp3) is 0.222. The fourth-order valence-electron chi connectivity index (χ4n) is 2.75. The fourth-order valence-corrected chi connectivity index (χ4v) is 2.75. The second-order valence-electron chi connectivity index (χ2n) is 6.11. The molecule has 3 aromatic rings. The van der Waals surface area contributed by atoms with Crippen LogP contribution in [0.3, 0.4) is 0 Å². The Kier molecular flexibility index (Phi) is 3.37. The molecular weight excluding hydrogens is 308 g/mol. The number of carbonyl (C=O) groups is 1. The predicted octanol–water partition coefficient (Wildman–Crippen LogP) is 3.49. The number of furan rings is 1. The molecule has 6 nitrogen and oxygen atoms in total. The highest BCUT2D eigenvalue weighted by molar-refractivity contribution is 6.02. The van der Waals surface area contributed by atoms with E-state index in [2.05, 4.69) is 17.2 Å². The van der Waals surface area contributed by atoms with Crippen LogP contribution in [0.15, 0.2) is 50.0 Å². The number of hydrogen-bond acceptors (Lipinski definition) is 4. The van der Waals surface area contributed by atoms with E-state index in [1.807, 2.05) is 12.1 Å². The first kappa shape index (κ1) is 14.6. The third-order valence-electron chi connectivity index (χ3n) is 4.21. The lowest BCUT2D eigenvalue weighted by Crippen LogP contribution is -2.07. The van der Waals surface area contributed by atoms with Crippen molar-refractivity contribution in [2.24, 2.45) is 5.92 Å². The summed E-state index contributed by atoms with van der Waals surface area (Å²) in [6.45, 7) is 2.19. The van der Waals surface area contributed by atoms with Gasteiger partial charge in [-0.3, -0.25) is 9.78 Å². The lowest BCUT2D eigenvalue weighted by Gasteiger charge is -2.01. The molecule has 2 heterocycles. The molecule has 0 spiro atoms. The Balaban J connectivity index is 1.43. The van der Waals surface area contributed by atoms with Gasteiger partial charge in [0.05, 0.1) is 5.52 Å². The zero-order chi connectivity index (χ0) is 16.7. The molecule has 2 aromatic heterocycles. The van der Waals surface area contributed by atoms with E-state index in [-0.39, 0.29) is 5.91 Å². The molecule has 1 aliphatic carbocycles. The van der Waals surface area contributed by atoms with Crippen molar-refractivity contribution in [3.05, 3.63) is 58.5 Å². The Hall–Kier alpha value is -3.02. The molecule has 2 N–H and O–H groups in total. The van der Waals surface area contributed by atoms with Crippen molar-refractivity contribution in [2.45, 2.75) is 19.3 Å². The van der Waals surface area contributed by atoms with Gasteiger partial charge in [0, 0.05) is 17.7 Å². The van der Waals surface area contributed by atoms with Gasteiger partial charge in [-0.2, -0.15) is 0 Å². The van der Waals surface area contributed by atoms with Crippen LogP contribution in [0, 0.1) is 5.92 Å². The number of rotatable bonds is 4. The third kappa shape index (κ3) is 2.90. The van der Waals surface area contributed by atoms with Crippen LogP contribution >= 0.6 is 0 Å². The Labute approximate surface area is 137 Å². The molecule has 0 radical (unpaired) electrons. The number of hydrogen-bond donors (Lipinski definition) is 2. The maximum absolute atomic E-state index is 12.0. The first-order chi connectivity index (χ1) is 11.6. The van der Waals surface area contributed by atoms with Gasteiger partial charge in [0.25, 0.3) is 0 Å². The van der Waals surface area contributed by atoms with Crippen molar-refractivity contribution < 1.29 is 13.6 Å². The maximum Gasteiger partial charge on any atom is 0.417 e. The van der Waals surface area contributed by atoms with Gasteiger partial charge in [-0.25, -0.2) is 4.79 Å². The average molecular weight is 324 g/mol. The van der Waals surface area contributed by atoms with Gasteiger partial charge in [-0.15, -0.1) is 0 Å². The van der Waals surface area contributed by atoms with E-state index >= 15 is 0 Å². The van der Waals surface area contributed by atoms with Gasteiger partial charge in [0.2, 0.25) is 5.91 Å². The quantitative estimate of drug-likeness (QED) is 0.719. The topological polar surface area (TPSA) is 88.2 Å². The molecule has 6 heteroatoms. The number of nitrogens with one attached hydrogen (secondary N) is 2. The van der Waals surface area contributed by atoms with Gasteiger partial charge in [-0.1, -0.05) is 6.92 Å². The Morgan fingerprint density at radius 1 is 1.29 bits per heavy atom. The molecule has 4 rings (SSSR count). The van der Waals surface area contributed by atoms with Gasteiger partial charge >= 0.3 is 5.76 Å². The number of carbonyl (C=O) groups excluding carboxylic acids is 1. The number of aromatic nitrogens is 1. The molecule has 1 fully saturated rings. The van der Waals surface area contributed by atoms with Crippen molar-refractivity contribution in [1.29, 1.82) is 0 Å². The number of H-pyrrole nitrogens is 1. The molecule has 0 aliphatic heterocycles.